The van der Waals surface area contributed by atoms with E-state index in [9.17, 15) is 8.78 Å². The van der Waals surface area contributed by atoms with E-state index in [0.717, 1.165) is 12.8 Å². The maximum Gasteiger partial charge on any atom is 0.220 e. The van der Waals surface area contributed by atoms with E-state index < -0.39 is 11.6 Å². The van der Waals surface area contributed by atoms with Crippen LogP contribution in [0.1, 0.15) is 24.5 Å². The van der Waals surface area contributed by atoms with Crippen LogP contribution in [-0.2, 0) is 0 Å². The lowest BCUT2D eigenvalue weighted by Gasteiger charge is -2.14. The van der Waals surface area contributed by atoms with Crippen LogP contribution in [0.3, 0.4) is 0 Å². The van der Waals surface area contributed by atoms with Gasteiger partial charge in [-0.3, -0.25) is 4.98 Å². The lowest BCUT2D eigenvalue weighted by atomic mass is 10.0. The van der Waals surface area contributed by atoms with Gasteiger partial charge in [-0.1, -0.05) is 0 Å². The third-order valence-electron chi connectivity index (χ3n) is 4.41. The second-order valence-corrected chi connectivity index (χ2v) is 6.12. The summed E-state index contributed by atoms with van der Waals surface area (Å²) in [6, 6.07) is 2.71. The number of nitrogens with two attached hydrogens (primary N) is 1. The highest BCUT2D eigenvalue weighted by Gasteiger charge is 2.30. The van der Waals surface area contributed by atoms with E-state index in [0.29, 0.717) is 16.6 Å². The Hall–Kier alpha value is -3.03. The fraction of sp³-hybridized carbons (Fsp3) is 0.278. The molecule has 0 bridgehead atoms. The molecule has 0 saturated heterocycles. The zero-order chi connectivity index (χ0) is 18.4. The van der Waals surface area contributed by atoms with Gasteiger partial charge in [0, 0.05) is 23.6 Å². The summed E-state index contributed by atoms with van der Waals surface area (Å²) in [6.45, 7) is 0. The standard InChI is InChI=1S/C18H16F2N4O2/c1-25-11-6-12(26-2)15(20)13(14(11)19)10-5-9-7-22-18(21)24-17(9)16(23-10)8-3-4-8/h5-8H,3-4H2,1-2H3,(H2,21,22,24). The molecule has 2 N–H and O–H groups in total. The molecule has 8 heteroatoms. The molecule has 1 fully saturated rings. The molecule has 1 aromatic carbocycles. The van der Waals surface area contributed by atoms with Gasteiger partial charge in [-0.15, -0.1) is 0 Å². The number of aromatic nitrogens is 3. The molecule has 26 heavy (non-hydrogen) atoms. The molecule has 4 rings (SSSR count). The normalized spacial score (nSPS) is 13.8. The highest BCUT2D eigenvalue weighted by molar-refractivity contribution is 5.86. The molecule has 0 spiro atoms. The van der Waals surface area contributed by atoms with E-state index in [1.165, 1.54) is 26.5 Å². The maximum absolute atomic E-state index is 14.8. The maximum atomic E-state index is 14.8. The number of fused-ring (bicyclic) bond motifs is 1. The molecule has 0 radical (unpaired) electrons. The summed E-state index contributed by atoms with van der Waals surface area (Å²) in [5.74, 6) is -1.59. The van der Waals surface area contributed by atoms with E-state index in [-0.39, 0.29) is 34.6 Å². The molecule has 0 atom stereocenters. The smallest absolute Gasteiger partial charge is 0.220 e. The van der Waals surface area contributed by atoms with Gasteiger partial charge in [-0.05, 0) is 18.9 Å². The third kappa shape index (κ3) is 2.58. The van der Waals surface area contributed by atoms with Crippen LogP contribution in [0.25, 0.3) is 22.2 Å². The molecule has 0 unspecified atom stereocenters. The van der Waals surface area contributed by atoms with E-state index in [1.54, 1.807) is 6.07 Å². The SMILES string of the molecule is COc1cc(OC)c(F)c(-c2cc3cnc(N)nc3c(C3CC3)n2)c1F. The summed E-state index contributed by atoms with van der Waals surface area (Å²) >= 11 is 0. The van der Waals surface area contributed by atoms with Crippen LogP contribution in [0.5, 0.6) is 11.5 Å². The zero-order valence-electron chi connectivity index (χ0n) is 14.2. The number of halogens is 2. The van der Waals surface area contributed by atoms with Crippen LogP contribution < -0.4 is 15.2 Å². The Morgan fingerprint density at radius 1 is 1.04 bits per heavy atom. The van der Waals surface area contributed by atoms with Crippen LogP contribution in [0.15, 0.2) is 18.3 Å². The first-order valence-electron chi connectivity index (χ1n) is 8.07. The molecular formula is C18H16F2N4O2. The van der Waals surface area contributed by atoms with Crippen molar-refractivity contribution in [1.82, 2.24) is 15.0 Å². The van der Waals surface area contributed by atoms with Crippen molar-refractivity contribution in [3.63, 3.8) is 0 Å². The first kappa shape index (κ1) is 16.4. The minimum absolute atomic E-state index is 0.123. The average Bonchev–Trinajstić information content (AvgIpc) is 3.47. The van der Waals surface area contributed by atoms with Crippen LogP contribution in [0.2, 0.25) is 0 Å². The first-order valence-corrected chi connectivity index (χ1v) is 8.07. The van der Waals surface area contributed by atoms with Crippen molar-refractivity contribution < 1.29 is 18.3 Å². The molecule has 0 amide bonds. The van der Waals surface area contributed by atoms with Crippen molar-refractivity contribution >= 4 is 16.9 Å². The number of nitrogen functional groups attached to an aromatic ring is 1. The van der Waals surface area contributed by atoms with Crippen LogP contribution in [0, 0.1) is 11.6 Å². The summed E-state index contributed by atoms with van der Waals surface area (Å²) in [6.07, 6.45) is 3.42. The van der Waals surface area contributed by atoms with Gasteiger partial charge in [-0.25, -0.2) is 18.7 Å². The molecule has 2 heterocycles. The van der Waals surface area contributed by atoms with E-state index in [4.69, 9.17) is 15.2 Å². The van der Waals surface area contributed by atoms with Crippen LogP contribution >= 0.6 is 0 Å². The number of methoxy groups -OCH3 is 2. The topological polar surface area (TPSA) is 83.2 Å². The summed E-state index contributed by atoms with van der Waals surface area (Å²) in [7, 11) is 2.61. The van der Waals surface area contributed by atoms with E-state index in [1.807, 2.05) is 0 Å². The van der Waals surface area contributed by atoms with Crippen molar-refractivity contribution in [2.24, 2.45) is 0 Å². The highest BCUT2D eigenvalue weighted by Crippen LogP contribution is 2.44. The van der Waals surface area contributed by atoms with Crippen molar-refractivity contribution in [2.45, 2.75) is 18.8 Å². The lowest BCUT2D eigenvalue weighted by Crippen LogP contribution is -2.03. The van der Waals surface area contributed by atoms with Crippen LogP contribution in [0.4, 0.5) is 14.7 Å². The van der Waals surface area contributed by atoms with Crippen molar-refractivity contribution in [3.05, 3.63) is 35.7 Å². The second kappa shape index (κ2) is 6.05. The molecule has 1 aliphatic carbocycles. The molecule has 1 aliphatic rings. The van der Waals surface area contributed by atoms with Gasteiger partial charge in [-0.2, -0.15) is 0 Å². The molecule has 134 valence electrons. The molecule has 1 saturated carbocycles. The Labute approximate surface area is 148 Å². The number of anilines is 1. The second-order valence-electron chi connectivity index (χ2n) is 6.12. The summed E-state index contributed by atoms with van der Waals surface area (Å²) < 4.78 is 39.7. The molecule has 0 aliphatic heterocycles. The predicted molar refractivity (Wildman–Crippen MR) is 92.2 cm³/mol. The first-order chi connectivity index (χ1) is 12.5. The van der Waals surface area contributed by atoms with Gasteiger partial charge in [0.15, 0.2) is 23.1 Å². The summed E-state index contributed by atoms with van der Waals surface area (Å²) in [5.41, 5.74) is 6.80. The molecule has 6 nitrogen and oxygen atoms in total. The van der Waals surface area contributed by atoms with Crippen molar-refractivity contribution in [3.8, 4) is 22.8 Å². The quantitative estimate of drug-likeness (QED) is 0.769. The molecule has 3 aromatic rings. The van der Waals surface area contributed by atoms with Gasteiger partial charge in [0.05, 0.1) is 36.7 Å². The van der Waals surface area contributed by atoms with E-state index >= 15 is 0 Å². The lowest BCUT2D eigenvalue weighted by molar-refractivity contribution is 0.359. The largest absolute Gasteiger partial charge is 0.494 e. The number of hydrogen-bond donors (Lipinski definition) is 1. The number of ether oxygens (including phenoxy) is 2. The number of benzene rings is 1. The Balaban J connectivity index is 2.02. The van der Waals surface area contributed by atoms with E-state index in [2.05, 4.69) is 15.0 Å². The molecular weight excluding hydrogens is 342 g/mol. The van der Waals surface area contributed by atoms with Crippen molar-refractivity contribution in [1.29, 1.82) is 0 Å². The minimum Gasteiger partial charge on any atom is -0.494 e. The minimum atomic E-state index is -0.837. The van der Waals surface area contributed by atoms with Crippen LogP contribution in [-0.4, -0.2) is 29.2 Å². The fourth-order valence-corrected chi connectivity index (χ4v) is 2.96. The average molecular weight is 358 g/mol. The summed E-state index contributed by atoms with van der Waals surface area (Å²) in [5, 5.41) is 0.617. The Morgan fingerprint density at radius 3 is 2.27 bits per heavy atom. The number of hydrogen-bond acceptors (Lipinski definition) is 6. The Bertz CT molecular complexity index is 994. The Morgan fingerprint density at radius 2 is 1.69 bits per heavy atom. The van der Waals surface area contributed by atoms with Gasteiger partial charge < -0.3 is 15.2 Å². The highest BCUT2D eigenvalue weighted by atomic mass is 19.1. The third-order valence-corrected chi connectivity index (χ3v) is 4.41. The van der Waals surface area contributed by atoms with Gasteiger partial charge in [0.2, 0.25) is 5.95 Å². The zero-order valence-corrected chi connectivity index (χ0v) is 14.2. The molecule has 2 aromatic heterocycles. The van der Waals surface area contributed by atoms with Crippen molar-refractivity contribution in [2.75, 3.05) is 20.0 Å². The summed E-state index contributed by atoms with van der Waals surface area (Å²) in [4.78, 5) is 12.7. The van der Waals surface area contributed by atoms with Gasteiger partial charge >= 0.3 is 0 Å². The van der Waals surface area contributed by atoms with Gasteiger partial charge in [0.25, 0.3) is 0 Å². The number of rotatable bonds is 4. The monoisotopic (exact) mass is 358 g/mol. The number of pyridine rings is 1. The fourth-order valence-electron chi connectivity index (χ4n) is 2.96. The Kier molecular flexibility index (Phi) is 3.82. The predicted octanol–water partition coefficient (Wildman–Crippen LogP) is 3.45. The number of nitrogens with zero attached hydrogens (tertiary/aromatic N) is 3. The van der Waals surface area contributed by atoms with Gasteiger partial charge in [0.1, 0.15) is 0 Å².